The van der Waals surface area contributed by atoms with Crippen LogP contribution in [0.3, 0.4) is 0 Å². The van der Waals surface area contributed by atoms with Gasteiger partial charge in [-0.3, -0.25) is 4.98 Å². The number of nitrogens with zero attached hydrogens (tertiary/aromatic N) is 2. The Morgan fingerprint density at radius 1 is 1.30 bits per heavy atom. The highest BCUT2D eigenvalue weighted by Crippen LogP contribution is 2.38. The smallest absolute Gasteiger partial charge is 0.180 e. The van der Waals surface area contributed by atoms with Crippen molar-refractivity contribution in [3.63, 3.8) is 0 Å². The van der Waals surface area contributed by atoms with Crippen molar-refractivity contribution in [2.24, 2.45) is 0 Å². The first kappa shape index (κ1) is 14.2. The molecule has 2 aromatic rings. The molecule has 1 atom stereocenters. The van der Waals surface area contributed by atoms with Gasteiger partial charge in [0.05, 0.1) is 23.8 Å². The molecule has 102 valence electrons. The Bertz CT molecular complexity index is 638. The number of aromatic nitrogens is 1. The molecule has 0 spiro atoms. The molecule has 0 N–H and O–H groups in total. The zero-order chi connectivity index (χ0) is 14.5. The number of hydrogen-bond donors (Lipinski definition) is 0. The standard InChI is InChI=1S/C15H13ClN2O2/c1-10(12-3-5-18-6-4-12)20-15-13(16)7-11(9-17)8-14(15)19-2/h3-8,10H,1-2H3. The molecule has 0 radical (unpaired) electrons. The van der Waals surface area contributed by atoms with Crippen LogP contribution in [-0.2, 0) is 0 Å². The second-order valence-electron chi connectivity index (χ2n) is 4.14. The highest BCUT2D eigenvalue weighted by molar-refractivity contribution is 6.32. The van der Waals surface area contributed by atoms with Gasteiger partial charge in [-0.15, -0.1) is 0 Å². The highest BCUT2D eigenvalue weighted by Gasteiger charge is 2.16. The van der Waals surface area contributed by atoms with E-state index in [0.29, 0.717) is 22.1 Å². The largest absolute Gasteiger partial charge is 0.493 e. The van der Waals surface area contributed by atoms with Crippen molar-refractivity contribution >= 4 is 11.6 Å². The Labute approximate surface area is 122 Å². The monoisotopic (exact) mass is 288 g/mol. The van der Waals surface area contributed by atoms with Gasteiger partial charge in [0.25, 0.3) is 0 Å². The van der Waals surface area contributed by atoms with Crippen LogP contribution in [0.5, 0.6) is 11.5 Å². The van der Waals surface area contributed by atoms with E-state index in [1.54, 1.807) is 24.5 Å². The summed E-state index contributed by atoms with van der Waals surface area (Å²) in [5, 5.41) is 9.27. The molecule has 0 saturated carbocycles. The Morgan fingerprint density at radius 3 is 2.60 bits per heavy atom. The van der Waals surface area contributed by atoms with Crippen LogP contribution in [0.1, 0.15) is 24.2 Å². The molecule has 5 heteroatoms. The molecule has 0 aliphatic heterocycles. The van der Waals surface area contributed by atoms with Gasteiger partial charge < -0.3 is 9.47 Å². The van der Waals surface area contributed by atoms with Crippen LogP contribution in [0, 0.1) is 11.3 Å². The molecule has 1 aromatic heterocycles. The van der Waals surface area contributed by atoms with Crippen LogP contribution < -0.4 is 9.47 Å². The Hall–Kier alpha value is -2.25. The Balaban J connectivity index is 2.32. The molecule has 2 rings (SSSR count). The van der Waals surface area contributed by atoms with E-state index in [2.05, 4.69) is 4.98 Å². The number of rotatable bonds is 4. The second kappa shape index (κ2) is 6.27. The Morgan fingerprint density at radius 2 is 2.00 bits per heavy atom. The zero-order valence-electron chi connectivity index (χ0n) is 11.1. The number of halogens is 1. The third-order valence-corrected chi connectivity index (χ3v) is 3.11. The van der Waals surface area contributed by atoms with E-state index < -0.39 is 0 Å². The summed E-state index contributed by atoms with van der Waals surface area (Å²) in [6, 6.07) is 8.92. The summed E-state index contributed by atoms with van der Waals surface area (Å²) in [6.07, 6.45) is 3.19. The highest BCUT2D eigenvalue weighted by atomic mass is 35.5. The maximum absolute atomic E-state index is 8.92. The molecule has 4 nitrogen and oxygen atoms in total. The third kappa shape index (κ3) is 3.01. The molecule has 0 aliphatic carbocycles. The second-order valence-corrected chi connectivity index (χ2v) is 4.55. The summed E-state index contributed by atoms with van der Waals surface area (Å²) >= 11 is 6.16. The molecule has 1 heterocycles. The van der Waals surface area contributed by atoms with Crippen LogP contribution in [0.2, 0.25) is 5.02 Å². The average Bonchev–Trinajstić information content (AvgIpc) is 2.49. The number of pyridine rings is 1. The van der Waals surface area contributed by atoms with E-state index in [9.17, 15) is 0 Å². The van der Waals surface area contributed by atoms with Gasteiger partial charge in [0.2, 0.25) is 0 Å². The minimum atomic E-state index is -0.211. The molecule has 1 unspecified atom stereocenters. The maximum atomic E-state index is 8.92. The lowest BCUT2D eigenvalue weighted by molar-refractivity contribution is 0.216. The summed E-state index contributed by atoms with van der Waals surface area (Å²) in [5.41, 5.74) is 1.40. The van der Waals surface area contributed by atoms with Crippen molar-refractivity contribution in [3.05, 3.63) is 52.8 Å². The summed E-state index contributed by atoms with van der Waals surface area (Å²) in [5.74, 6) is 0.868. The fraction of sp³-hybridized carbons (Fsp3) is 0.200. The van der Waals surface area contributed by atoms with Crippen molar-refractivity contribution in [2.75, 3.05) is 7.11 Å². The lowest BCUT2D eigenvalue weighted by Crippen LogP contribution is -2.05. The van der Waals surface area contributed by atoms with E-state index in [1.807, 2.05) is 25.1 Å². The van der Waals surface area contributed by atoms with Crippen molar-refractivity contribution in [3.8, 4) is 17.6 Å². The van der Waals surface area contributed by atoms with Crippen molar-refractivity contribution in [1.82, 2.24) is 4.98 Å². The average molecular weight is 289 g/mol. The fourth-order valence-corrected chi connectivity index (χ4v) is 2.03. The van der Waals surface area contributed by atoms with Gasteiger partial charge in [-0.25, -0.2) is 0 Å². The van der Waals surface area contributed by atoms with E-state index >= 15 is 0 Å². The van der Waals surface area contributed by atoms with Gasteiger partial charge in [-0.2, -0.15) is 5.26 Å². The van der Waals surface area contributed by atoms with Gasteiger partial charge in [-0.1, -0.05) is 11.6 Å². The SMILES string of the molecule is COc1cc(C#N)cc(Cl)c1OC(C)c1ccncc1. The van der Waals surface area contributed by atoms with Gasteiger partial charge in [0.15, 0.2) is 11.5 Å². The lowest BCUT2D eigenvalue weighted by atomic mass is 10.1. The number of benzene rings is 1. The number of ether oxygens (including phenoxy) is 2. The van der Waals surface area contributed by atoms with Crippen LogP contribution in [0.25, 0.3) is 0 Å². The molecular weight excluding hydrogens is 276 g/mol. The molecule has 20 heavy (non-hydrogen) atoms. The molecule has 0 fully saturated rings. The normalized spacial score (nSPS) is 11.5. The van der Waals surface area contributed by atoms with Crippen molar-refractivity contribution < 1.29 is 9.47 Å². The van der Waals surface area contributed by atoms with Crippen LogP contribution >= 0.6 is 11.6 Å². The summed E-state index contributed by atoms with van der Waals surface area (Å²) in [7, 11) is 1.51. The van der Waals surface area contributed by atoms with Crippen LogP contribution in [0.15, 0.2) is 36.7 Å². The molecule has 0 aliphatic rings. The van der Waals surface area contributed by atoms with Gasteiger partial charge in [0.1, 0.15) is 6.10 Å². The molecule has 0 amide bonds. The molecule has 1 aromatic carbocycles. The first-order chi connectivity index (χ1) is 9.65. The minimum absolute atomic E-state index is 0.211. The summed E-state index contributed by atoms with van der Waals surface area (Å²) < 4.78 is 11.1. The number of nitriles is 1. The van der Waals surface area contributed by atoms with Crippen molar-refractivity contribution in [2.45, 2.75) is 13.0 Å². The Kier molecular flexibility index (Phi) is 4.44. The van der Waals surface area contributed by atoms with Gasteiger partial charge in [-0.05, 0) is 30.7 Å². The predicted molar refractivity (Wildman–Crippen MR) is 76.0 cm³/mol. The zero-order valence-corrected chi connectivity index (χ0v) is 11.9. The van der Waals surface area contributed by atoms with E-state index in [4.69, 9.17) is 26.3 Å². The molecule has 0 bridgehead atoms. The quantitative estimate of drug-likeness (QED) is 0.859. The van der Waals surface area contributed by atoms with Crippen LogP contribution in [-0.4, -0.2) is 12.1 Å². The first-order valence-corrected chi connectivity index (χ1v) is 6.37. The molecular formula is C15H13ClN2O2. The van der Waals surface area contributed by atoms with E-state index in [-0.39, 0.29) is 6.10 Å². The number of methoxy groups -OCH3 is 1. The number of hydrogen-bond acceptors (Lipinski definition) is 4. The topological polar surface area (TPSA) is 55.1 Å². The van der Waals surface area contributed by atoms with Crippen molar-refractivity contribution in [1.29, 1.82) is 5.26 Å². The van der Waals surface area contributed by atoms with Gasteiger partial charge in [0, 0.05) is 18.5 Å². The fourth-order valence-electron chi connectivity index (χ4n) is 1.78. The summed E-state index contributed by atoms with van der Waals surface area (Å²) in [4.78, 5) is 3.97. The summed E-state index contributed by atoms with van der Waals surface area (Å²) in [6.45, 7) is 1.91. The van der Waals surface area contributed by atoms with E-state index in [0.717, 1.165) is 5.56 Å². The first-order valence-electron chi connectivity index (χ1n) is 6.00. The lowest BCUT2D eigenvalue weighted by Gasteiger charge is -2.18. The van der Waals surface area contributed by atoms with Crippen LogP contribution in [0.4, 0.5) is 0 Å². The maximum Gasteiger partial charge on any atom is 0.180 e. The minimum Gasteiger partial charge on any atom is -0.493 e. The predicted octanol–water partition coefficient (Wildman–Crippen LogP) is 3.76. The van der Waals surface area contributed by atoms with Gasteiger partial charge >= 0.3 is 0 Å². The third-order valence-electron chi connectivity index (χ3n) is 2.83. The molecule has 0 saturated heterocycles. The van der Waals surface area contributed by atoms with E-state index in [1.165, 1.54) is 7.11 Å².